The van der Waals surface area contributed by atoms with Gasteiger partial charge in [-0.15, -0.1) is 0 Å². The number of benzene rings is 2. The number of methoxy groups -OCH3 is 2. The van der Waals surface area contributed by atoms with Crippen LogP contribution in [0, 0.1) is 0 Å². The fourth-order valence-electron chi connectivity index (χ4n) is 2.43. The number of amides is 2. The van der Waals surface area contributed by atoms with E-state index in [9.17, 15) is 14.4 Å². The van der Waals surface area contributed by atoms with E-state index in [-0.39, 0.29) is 12.0 Å². The number of nitrogens with one attached hydrogen (secondary N) is 1. The first-order valence-corrected chi connectivity index (χ1v) is 8.30. The zero-order valence-corrected chi connectivity index (χ0v) is 15.2. The molecule has 0 aromatic heterocycles. The summed E-state index contributed by atoms with van der Waals surface area (Å²) in [6.45, 7) is -0.536. The summed E-state index contributed by atoms with van der Waals surface area (Å²) in [4.78, 5) is 35.8. The Morgan fingerprint density at radius 2 is 1.52 bits per heavy atom. The van der Waals surface area contributed by atoms with Gasteiger partial charge in [0.1, 0.15) is 11.5 Å². The second-order valence-corrected chi connectivity index (χ2v) is 5.55. The molecule has 0 heterocycles. The van der Waals surface area contributed by atoms with Crippen molar-refractivity contribution in [3.05, 3.63) is 59.7 Å². The molecule has 7 heteroatoms. The fraction of sp³-hybridized carbons (Fsp3) is 0.250. The van der Waals surface area contributed by atoms with Crippen LogP contribution in [0.4, 0.5) is 0 Å². The first-order valence-electron chi connectivity index (χ1n) is 8.30. The van der Waals surface area contributed by atoms with Crippen LogP contribution in [0.15, 0.2) is 48.5 Å². The number of hydrogen-bond acceptors (Lipinski definition) is 6. The molecule has 0 radical (unpaired) electrons. The number of rotatable bonds is 8. The minimum atomic E-state index is -0.712. The van der Waals surface area contributed by atoms with Crippen molar-refractivity contribution in [2.75, 3.05) is 20.8 Å². The van der Waals surface area contributed by atoms with Crippen LogP contribution in [0.2, 0.25) is 0 Å². The molecular weight excluding hydrogens is 350 g/mol. The summed E-state index contributed by atoms with van der Waals surface area (Å²) in [6.07, 6.45) is 0.513. The van der Waals surface area contributed by atoms with Crippen molar-refractivity contribution >= 4 is 17.8 Å². The molecule has 0 aliphatic carbocycles. The summed E-state index contributed by atoms with van der Waals surface area (Å²) in [5.41, 5.74) is 1.09. The van der Waals surface area contributed by atoms with Crippen LogP contribution < -0.4 is 14.8 Å². The Bertz CT molecular complexity index is 818. The molecule has 2 aromatic carbocycles. The van der Waals surface area contributed by atoms with Crippen molar-refractivity contribution in [1.82, 2.24) is 5.32 Å². The van der Waals surface area contributed by atoms with Crippen LogP contribution in [0.25, 0.3) is 0 Å². The van der Waals surface area contributed by atoms with E-state index in [1.54, 1.807) is 31.4 Å². The van der Waals surface area contributed by atoms with Gasteiger partial charge in [-0.1, -0.05) is 30.3 Å². The molecule has 0 spiro atoms. The van der Waals surface area contributed by atoms with Gasteiger partial charge in [0.05, 0.1) is 19.8 Å². The molecule has 0 saturated carbocycles. The lowest BCUT2D eigenvalue weighted by atomic mass is 10.1. The van der Waals surface area contributed by atoms with E-state index in [1.807, 2.05) is 18.2 Å². The minimum Gasteiger partial charge on any atom is -0.496 e. The molecule has 1 N–H and O–H groups in total. The van der Waals surface area contributed by atoms with Crippen molar-refractivity contribution in [1.29, 1.82) is 0 Å². The number of esters is 1. The van der Waals surface area contributed by atoms with E-state index in [0.29, 0.717) is 17.9 Å². The summed E-state index contributed by atoms with van der Waals surface area (Å²) in [5.74, 6) is -0.845. The minimum absolute atomic E-state index is 0.0914. The number of ether oxygens (including phenoxy) is 3. The summed E-state index contributed by atoms with van der Waals surface area (Å²) in [5, 5.41) is 2.16. The van der Waals surface area contributed by atoms with Crippen LogP contribution in [0.5, 0.6) is 11.5 Å². The van der Waals surface area contributed by atoms with Gasteiger partial charge in [-0.2, -0.15) is 0 Å². The molecule has 0 saturated heterocycles. The van der Waals surface area contributed by atoms with Gasteiger partial charge in [-0.3, -0.25) is 19.7 Å². The van der Waals surface area contributed by atoms with Gasteiger partial charge in [0.2, 0.25) is 0 Å². The van der Waals surface area contributed by atoms with Crippen LogP contribution >= 0.6 is 0 Å². The molecule has 7 nitrogen and oxygen atoms in total. The first-order chi connectivity index (χ1) is 13.0. The van der Waals surface area contributed by atoms with Gasteiger partial charge in [-0.05, 0) is 30.2 Å². The summed E-state index contributed by atoms with van der Waals surface area (Å²) < 4.78 is 15.2. The predicted molar refractivity (Wildman–Crippen MR) is 97.7 cm³/mol. The highest BCUT2D eigenvalue weighted by molar-refractivity contribution is 6.06. The number of hydrogen-bond donors (Lipinski definition) is 1. The lowest BCUT2D eigenvalue weighted by Gasteiger charge is -2.09. The van der Waals surface area contributed by atoms with Crippen molar-refractivity contribution in [2.45, 2.75) is 12.8 Å². The zero-order chi connectivity index (χ0) is 19.6. The van der Waals surface area contributed by atoms with Gasteiger partial charge in [-0.25, -0.2) is 0 Å². The van der Waals surface area contributed by atoms with Crippen molar-refractivity contribution in [3.63, 3.8) is 0 Å². The van der Waals surface area contributed by atoms with Crippen LogP contribution in [0.1, 0.15) is 22.3 Å². The Morgan fingerprint density at radius 3 is 2.22 bits per heavy atom. The Balaban J connectivity index is 1.79. The lowest BCUT2D eigenvalue weighted by molar-refractivity contribution is -0.148. The van der Waals surface area contributed by atoms with E-state index >= 15 is 0 Å². The average molecular weight is 371 g/mol. The van der Waals surface area contributed by atoms with Gasteiger partial charge >= 0.3 is 5.97 Å². The Hall–Kier alpha value is -3.35. The fourth-order valence-corrected chi connectivity index (χ4v) is 2.43. The highest BCUT2D eigenvalue weighted by atomic mass is 16.5. The molecule has 0 unspecified atom stereocenters. The first kappa shape index (κ1) is 20.0. The quantitative estimate of drug-likeness (QED) is 0.715. The van der Waals surface area contributed by atoms with Crippen molar-refractivity contribution in [2.24, 2.45) is 0 Å². The molecule has 2 amide bonds. The van der Waals surface area contributed by atoms with Crippen LogP contribution in [0.3, 0.4) is 0 Å². The molecule has 2 aromatic rings. The standard InChI is InChI=1S/C20H21NO6/c1-25-16-9-5-3-7-14(16)11-12-19(23)27-13-18(22)21-20(24)15-8-4-6-10-17(15)26-2/h3-10H,11-13H2,1-2H3,(H,21,22,24). The van der Waals surface area contributed by atoms with Crippen molar-refractivity contribution < 1.29 is 28.6 Å². The van der Waals surface area contributed by atoms with E-state index in [4.69, 9.17) is 14.2 Å². The molecule has 0 aliphatic rings. The monoisotopic (exact) mass is 371 g/mol. The maximum atomic E-state index is 12.1. The number of aryl methyl sites for hydroxylation is 1. The molecule has 2 rings (SSSR count). The second-order valence-electron chi connectivity index (χ2n) is 5.55. The highest BCUT2D eigenvalue weighted by Crippen LogP contribution is 2.19. The molecular formula is C20H21NO6. The molecule has 142 valence electrons. The van der Waals surface area contributed by atoms with Gasteiger partial charge in [0.15, 0.2) is 6.61 Å². The third-order valence-electron chi connectivity index (χ3n) is 3.76. The topological polar surface area (TPSA) is 90.9 Å². The number of carbonyl (C=O) groups is 3. The number of imide groups is 1. The zero-order valence-electron chi connectivity index (χ0n) is 15.2. The Morgan fingerprint density at radius 1 is 0.889 bits per heavy atom. The maximum absolute atomic E-state index is 12.1. The second kappa shape index (κ2) is 9.96. The molecule has 0 fully saturated rings. The average Bonchev–Trinajstić information content (AvgIpc) is 2.70. The number of carbonyl (C=O) groups excluding carboxylic acids is 3. The molecule has 0 bridgehead atoms. The Kier molecular flexibility index (Phi) is 7.37. The Labute approximate surface area is 157 Å². The summed E-state index contributed by atoms with van der Waals surface area (Å²) in [6, 6.07) is 13.8. The SMILES string of the molecule is COc1ccccc1CCC(=O)OCC(=O)NC(=O)c1ccccc1OC. The molecule has 0 atom stereocenters. The van der Waals surface area contributed by atoms with Crippen molar-refractivity contribution in [3.8, 4) is 11.5 Å². The highest BCUT2D eigenvalue weighted by Gasteiger charge is 2.16. The summed E-state index contributed by atoms with van der Waals surface area (Å²) >= 11 is 0. The normalized spacial score (nSPS) is 10.0. The lowest BCUT2D eigenvalue weighted by Crippen LogP contribution is -2.34. The molecule has 0 aliphatic heterocycles. The van der Waals surface area contributed by atoms with Crippen LogP contribution in [-0.2, 0) is 20.7 Å². The van der Waals surface area contributed by atoms with E-state index in [2.05, 4.69) is 5.32 Å². The van der Waals surface area contributed by atoms with E-state index < -0.39 is 24.4 Å². The summed E-state index contributed by atoms with van der Waals surface area (Å²) in [7, 11) is 2.98. The maximum Gasteiger partial charge on any atom is 0.306 e. The van der Waals surface area contributed by atoms with Gasteiger partial charge in [0.25, 0.3) is 11.8 Å². The van der Waals surface area contributed by atoms with Gasteiger partial charge in [0, 0.05) is 6.42 Å². The molecule has 27 heavy (non-hydrogen) atoms. The largest absolute Gasteiger partial charge is 0.496 e. The van der Waals surface area contributed by atoms with E-state index in [1.165, 1.54) is 13.2 Å². The third kappa shape index (κ3) is 5.85. The van der Waals surface area contributed by atoms with Gasteiger partial charge < -0.3 is 14.2 Å². The number of para-hydroxylation sites is 2. The smallest absolute Gasteiger partial charge is 0.306 e. The van der Waals surface area contributed by atoms with E-state index in [0.717, 1.165) is 5.56 Å². The van der Waals surface area contributed by atoms with Crippen LogP contribution in [-0.4, -0.2) is 38.6 Å². The third-order valence-corrected chi connectivity index (χ3v) is 3.76. The predicted octanol–water partition coefficient (Wildman–Crippen LogP) is 2.14.